The van der Waals surface area contributed by atoms with Crippen molar-refractivity contribution >= 4 is 39.1 Å². The standard InChI is InChI=1S/C28H32ClN3O5S/c1-4-18-30-28(34)21(2)31(19-22-10-8-9-13-26(22)29)27(33)20-32(23-11-6-5-7-12-23)38(35,36)25-16-14-24(37-3)15-17-25/h5-17,21H,4,18-20H2,1-3H3,(H,30,34). The lowest BCUT2D eigenvalue weighted by Crippen LogP contribution is -2.51. The third-order valence-corrected chi connectivity index (χ3v) is 8.14. The smallest absolute Gasteiger partial charge is 0.264 e. The molecule has 0 bridgehead atoms. The molecule has 0 aliphatic heterocycles. The minimum absolute atomic E-state index is 0.00124. The largest absolute Gasteiger partial charge is 0.497 e. The molecule has 202 valence electrons. The molecule has 1 N–H and O–H groups in total. The van der Waals surface area contributed by atoms with E-state index in [1.807, 2.05) is 6.92 Å². The summed E-state index contributed by atoms with van der Waals surface area (Å²) in [6, 6.07) is 20.5. The minimum Gasteiger partial charge on any atom is -0.497 e. The molecular formula is C28H32ClN3O5S. The molecule has 0 aromatic heterocycles. The Kier molecular flexibility index (Phi) is 10.2. The van der Waals surface area contributed by atoms with E-state index in [-0.39, 0.29) is 17.3 Å². The Hall–Kier alpha value is -3.56. The maximum Gasteiger partial charge on any atom is 0.264 e. The number of hydrogen-bond donors (Lipinski definition) is 1. The number of amides is 2. The predicted molar refractivity (Wildman–Crippen MR) is 149 cm³/mol. The van der Waals surface area contributed by atoms with Crippen molar-refractivity contribution in [3.63, 3.8) is 0 Å². The van der Waals surface area contributed by atoms with Crippen molar-refractivity contribution in [3.8, 4) is 5.75 Å². The summed E-state index contributed by atoms with van der Waals surface area (Å²) >= 11 is 6.36. The Labute approximate surface area is 229 Å². The molecule has 0 radical (unpaired) electrons. The van der Waals surface area contributed by atoms with Gasteiger partial charge in [-0.2, -0.15) is 0 Å². The van der Waals surface area contributed by atoms with Gasteiger partial charge in [0, 0.05) is 18.1 Å². The second-order valence-corrected chi connectivity index (χ2v) is 10.9. The molecule has 2 amide bonds. The van der Waals surface area contributed by atoms with Crippen LogP contribution in [-0.4, -0.2) is 51.4 Å². The molecule has 1 unspecified atom stereocenters. The molecule has 38 heavy (non-hydrogen) atoms. The predicted octanol–water partition coefficient (Wildman–Crippen LogP) is 4.49. The van der Waals surface area contributed by atoms with E-state index in [0.717, 1.165) is 10.7 Å². The summed E-state index contributed by atoms with van der Waals surface area (Å²) in [5.74, 6) is -0.384. The SMILES string of the molecule is CCCNC(=O)C(C)N(Cc1ccccc1Cl)C(=O)CN(c1ccccc1)S(=O)(=O)c1ccc(OC)cc1. The second-order valence-electron chi connectivity index (χ2n) is 8.60. The third kappa shape index (κ3) is 7.05. The molecule has 10 heteroatoms. The van der Waals surface area contributed by atoms with E-state index < -0.39 is 28.5 Å². The van der Waals surface area contributed by atoms with Crippen LogP contribution in [0.4, 0.5) is 5.69 Å². The molecule has 0 aliphatic carbocycles. The quantitative estimate of drug-likeness (QED) is 0.354. The van der Waals surface area contributed by atoms with Gasteiger partial charge in [-0.15, -0.1) is 0 Å². The van der Waals surface area contributed by atoms with Gasteiger partial charge in [-0.05, 0) is 61.4 Å². The van der Waals surface area contributed by atoms with E-state index in [0.29, 0.717) is 28.6 Å². The number of sulfonamides is 1. The summed E-state index contributed by atoms with van der Waals surface area (Å²) < 4.78 is 33.7. The molecule has 0 heterocycles. The number of anilines is 1. The van der Waals surface area contributed by atoms with Gasteiger partial charge in [0.05, 0.1) is 17.7 Å². The molecule has 0 spiro atoms. The Morgan fingerprint density at radius 2 is 1.61 bits per heavy atom. The number of rotatable bonds is 12. The number of benzene rings is 3. The average Bonchev–Trinajstić information content (AvgIpc) is 2.94. The molecule has 0 aliphatic rings. The lowest BCUT2D eigenvalue weighted by molar-refractivity contribution is -0.139. The molecule has 0 saturated carbocycles. The van der Waals surface area contributed by atoms with Crippen molar-refractivity contribution in [1.29, 1.82) is 0 Å². The van der Waals surface area contributed by atoms with Crippen LogP contribution in [0.25, 0.3) is 0 Å². The maximum absolute atomic E-state index is 13.8. The first-order valence-electron chi connectivity index (χ1n) is 12.2. The number of para-hydroxylation sites is 1. The molecule has 0 fully saturated rings. The van der Waals surface area contributed by atoms with Crippen molar-refractivity contribution < 1.29 is 22.7 Å². The summed E-state index contributed by atoms with van der Waals surface area (Å²) in [7, 11) is -2.66. The Bertz CT molecular complexity index is 1330. The molecule has 3 aromatic rings. The zero-order valence-corrected chi connectivity index (χ0v) is 23.2. The highest BCUT2D eigenvalue weighted by atomic mass is 35.5. The van der Waals surface area contributed by atoms with Gasteiger partial charge in [0.2, 0.25) is 11.8 Å². The van der Waals surface area contributed by atoms with Crippen LogP contribution in [0.15, 0.2) is 83.8 Å². The topological polar surface area (TPSA) is 96.0 Å². The van der Waals surface area contributed by atoms with Crippen LogP contribution in [0.5, 0.6) is 5.75 Å². The fourth-order valence-corrected chi connectivity index (χ4v) is 5.40. The van der Waals surface area contributed by atoms with E-state index >= 15 is 0 Å². The highest BCUT2D eigenvalue weighted by Crippen LogP contribution is 2.26. The van der Waals surface area contributed by atoms with Gasteiger partial charge < -0.3 is 15.0 Å². The summed E-state index contributed by atoms with van der Waals surface area (Å²) in [6.45, 7) is 3.52. The molecular weight excluding hydrogens is 526 g/mol. The number of halogens is 1. The van der Waals surface area contributed by atoms with Crippen LogP contribution >= 0.6 is 11.6 Å². The van der Waals surface area contributed by atoms with Gasteiger partial charge in [-0.3, -0.25) is 13.9 Å². The van der Waals surface area contributed by atoms with Crippen LogP contribution in [0.1, 0.15) is 25.8 Å². The third-order valence-electron chi connectivity index (χ3n) is 5.99. The summed E-state index contributed by atoms with van der Waals surface area (Å²) in [5, 5.41) is 3.25. The Morgan fingerprint density at radius 1 is 0.974 bits per heavy atom. The van der Waals surface area contributed by atoms with Crippen molar-refractivity contribution in [2.24, 2.45) is 0 Å². The molecule has 0 saturated heterocycles. The fraction of sp³-hybridized carbons (Fsp3) is 0.286. The fourth-order valence-electron chi connectivity index (χ4n) is 3.79. The summed E-state index contributed by atoms with van der Waals surface area (Å²) in [6.07, 6.45) is 0.735. The number of hydrogen-bond acceptors (Lipinski definition) is 5. The van der Waals surface area contributed by atoms with Crippen LogP contribution in [0.2, 0.25) is 5.02 Å². The molecule has 3 rings (SSSR count). The Morgan fingerprint density at radius 3 is 2.21 bits per heavy atom. The van der Waals surface area contributed by atoms with E-state index in [1.165, 1.54) is 24.1 Å². The summed E-state index contributed by atoms with van der Waals surface area (Å²) in [4.78, 5) is 28.0. The zero-order valence-electron chi connectivity index (χ0n) is 21.6. The number of methoxy groups -OCH3 is 1. The molecule has 1 atom stereocenters. The van der Waals surface area contributed by atoms with Crippen LogP contribution in [0.3, 0.4) is 0 Å². The number of nitrogens with zero attached hydrogens (tertiary/aromatic N) is 2. The van der Waals surface area contributed by atoms with Crippen LogP contribution in [-0.2, 0) is 26.2 Å². The average molecular weight is 558 g/mol. The Balaban J connectivity index is 2.00. The van der Waals surface area contributed by atoms with Gasteiger partial charge >= 0.3 is 0 Å². The van der Waals surface area contributed by atoms with Gasteiger partial charge in [-0.1, -0.05) is 54.9 Å². The minimum atomic E-state index is -4.15. The lowest BCUT2D eigenvalue weighted by atomic mass is 10.1. The van der Waals surface area contributed by atoms with E-state index in [9.17, 15) is 18.0 Å². The second kappa shape index (κ2) is 13.3. The number of ether oxygens (including phenoxy) is 1. The van der Waals surface area contributed by atoms with Crippen molar-refractivity contribution in [2.45, 2.75) is 37.8 Å². The highest BCUT2D eigenvalue weighted by molar-refractivity contribution is 7.92. The van der Waals surface area contributed by atoms with Crippen LogP contribution in [0, 0.1) is 0 Å². The van der Waals surface area contributed by atoms with E-state index in [4.69, 9.17) is 16.3 Å². The highest BCUT2D eigenvalue weighted by Gasteiger charge is 2.32. The van der Waals surface area contributed by atoms with Crippen molar-refractivity contribution in [2.75, 3.05) is 24.5 Å². The van der Waals surface area contributed by atoms with Crippen LogP contribution < -0.4 is 14.4 Å². The maximum atomic E-state index is 13.8. The van der Waals surface area contributed by atoms with E-state index in [1.54, 1.807) is 73.7 Å². The van der Waals surface area contributed by atoms with Gasteiger partial charge in [0.25, 0.3) is 10.0 Å². The van der Waals surface area contributed by atoms with Gasteiger partial charge in [-0.25, -0.2) is 8.42 Å². The number of nitrogens with one attached hydrogen (secondary N) is 1. The van der Waals surface area contributed by atoms with E-state index in [2.05, 4.69) is 5.32 Å². The normalized spacial score (nSPS) is 11.9. The van der Waals surface area contributed by atoms with Gasteiger partial charge in [0.15, 0.2) is 0 Å². The monoisotopic (exact) mass is 557 g/mol. The van der Waals surface area contributed by atoms with Gasteiger partial charge in [0.1, 0.15) is 18.3 Å². The van der Waals surface area contributed by atoms with Crippen molar-refractivity contribution in [1.82, 2.24) is 10.2 Å². The zero-order chi connectivity index (χ0) is 27.7. The summed E-state index contributed by atoms with van der Waals surface area (Å²) in [5.41, 5.74) is 0.958. The number of carbonyl (C=O) groups is 2. The first-order chi connectivity index (χ1) is 18.2. The first-order valence-corrected chi connectivity index (χ1v) is 14.0. The molecule has 3 aromatic carbocycles. The first kappa shape index (κ1) is 29.0. The number of carbonyl (C=O) groups excluding carboxylic acids is 2. The lowest BCUT2D eigenvalue weighted by Gasteiger charge is -2.32. The molecule has 8 nitrogen and oxygen atoms in total. The van der Waals surface area contributed by atoms with Crippen molar-refractivity contribution in [3.05, 3.63) is 89.4 Å².